The number of benzene rings is 1. The Hall–Kier alpha value is -2.16. The molecule has 7 nitrogen and oxygen atoms in total. The van der Waals surface area contributed by atoms with Crippen LogP contribution >= 0.6 is 11.3 Å². The van der Waals surface area contributed by atoms with Crippen molar-refractivity contribution >= 4 is 22.4 Å². The molecular formula is C21H27N3O4S. The van der Waals surface area contributed by atoms with Gasteiger partial charge in [0.25, 0.3) is 0 Å². The molecule has 0 aliphatic carbocycles. The Morgan fingerprint density at radius 1 is 1.31 bits per heavy atom. The third-order valence-electron chi connectivity index (χ3n) is 4.87. The Balaban J connectivity index is 1.49. The van der Waals surface area contributed by atoms with E-state index in [9.17, 15) is 4.79 Å². The second-order valence-corrected chi connectivity index (χ2v) is 9.44. The Kier molecular flexibility index (Phi) is 5.76. The van der Waals surface area contributed by atoms with Crippen molar-refractivity contribution in [2.24, 2.45) is 0 Å². The Morgan fingerprint density at radius 3 is 2.90 bits per heavy atom. The molecule has 156 valence electrons. The minimum atomic E-state index is -0.123. The van der Waals surface area contributed by atoms with E-state index in [1.807, 2.05) is 18.2 Å². The summed E-state index contributed by atoms with van der Waals surface area (Å²) in [6.45, 7) is 8.86. The van der Waals surface area contributed by atoms with Gasteiger partial charge in [0.15, 0.2) is 16.6 Å². The first kappa shape index (κ1) is 20.1. The van der Waals surface area contributed by atoms with Crippen molar-refractivity contribution in [2.75, 3.05) is 31.8 Å². The first-order chi connectivity index (χ1) is 13.9. The number of carbonyl (C=O) groups excluding carboxylic acids is 1. The topological polar surface area (TPSA) is 81.7 Å². The van der Waals surface area contributed by atoms with Gasteiger partial charge in [0.05, 0.1) is 24.8 Å². The van der Waals surface area contributed by atoms with Gasteiger partial charge in [-0.3, -0.25) is 4.79 Å². The van der Waals surface area contributed by atoms with Crippen LogP contribution in [0.3, 0.4) is 0 Å². The van der Waals surface area contributed by atoms with Gasteiger partial charge in [-0.15, -0.1) is 11.3 Å². The maximum Gasteiger partial charge on any atom is 0.231 e. The minimum absolute atomic E-state index is 0.0671. The van der Waals surface area contributed by atoms with Crippen molar-refractivity contribution in [3.63, 3.8) is 0 Å². The lowest BCUT2D eigenvalue weighted by atomic mass is 9.90. The van der Waals surface area contributed by atoms with E-state index < -0.39 is 0 Å². The summed E-state index contributed by atoms with van der Waals surface area (Å²) in [5.74, 6) is 1.49. The third-order valence-corrected chi connectivity index (χ3v) is 5.84. The summed E-state index contributed by atoms with van der Waals surface area (Å²) in [7, 11) is 0. The molecule has 3 heterocycles. The fourth-order valence-electron chi connectivity index (χ4n) is 3.48. The number of thiazole rings is 1. The fraction of sp³-hybridized carbons (Fsp3) is 0.524. The second-order valence-electron chi connectivity index (χ2n) is 8.35. The maximum atomic E-state index is 12.5. The number of rotatable bonds is 5. The van der Waals surface area contributed by atoms with E-state index in [0.717, 1.165) is 40.6 Å². The van der Waals surface area contributed by atoms with E-state index in [1.54, 1.807) is 0 Å². The number of fused-ring (bicyclic) bond motifs is 1. The number of aromatic nitrogens is 1. The van der Waals surface area contributed by atoms with E-state index in [-0.39, 0.29) is 24.2 Å². The zero-order valence-corrected chi connectivity index (χ0v) is 17.9. The molecule has 1 unspecified atom stereocenters. The van der Waals surface area contributed by atoms with Gasteiger partial charge in [0, 0.05) is 29.8 Å². The summed E-state index contributed by atoms with van der Waals surface area (Å²) in [6.07, 6.45) is 0.973. The highest BCUT2D eigenvalue weighted by molar-refractivity contribution is 7.15. The molecule has 1 aromatic carbocycles. The van der Waals surface area contributed by atoms with Crippen LogP contribution in [0.15, 0.2) is 18.2 Å². The summed E-state index contributed by atoms with van der Waals surface area (Å²) in [6, 6.07) is 6.00. The molecule has 8 heteroatoms. The number of anilines is 1. The largest absolute Gasteiger partial charge is 0.454 e. The summed E-state index contributed by atoms with van der Waals surface area (Å²) in [5.41, 5.74) is 2.01. The molecule has 2 aliphatic rings. The average Bonchev–Trinajstić information content (AvgIpc) is 3.28. The van der Waals surface area contributed by atoms with Crippen LogP contribution in [0.1, 0.15) is 43.3 Å². The molecule has 1 aromatic heterocycles. The highest BCUT2D eigenvalue weighted by atomic mass is 32.1. The smallest absolute Gasteiger partial charge is 0.231 e. The zero-order valence-electron chi connectivity index (χ0n) is 17.0. The van der Waals surface area contributed by atoms with Gasteiger partial charge in [-0.1, -0.05) is 26.8 Å². The molecular weight excluding hydrogens is 390 g/mol. The lowest BCUT2D eigenvalue weighted by Crippen LogP contribution is -2.40. The van der Waals surface area contributed by atoms with Crippen molar-refractivity contribution in [1.29, 1.82) is 0 Å². The van der Waals surface area contributed by atoms with Crippen molar-refractivity contribution in [3.8, 4) is 11.5 Å². The Labute approximate surface area is 174 Å². The molecule has 2 aliphatic heterocycles. The molecule has 2 N–H and O–H groups in total. The van der Waals surface area contributed by atoms with Crippen LogP contribution in [-0.2, 0) is 21.4 Å². The average molecular weight is 418 g/mol. The van der Waals surface area contributed by atoms with Gasteiger partial charge < -0.3 is 24.8 Å². The van der Waals surface area contributed by atoms with Crippen LogP contribution in [0.4, 0.5) is 5.13 Å². The van der Waals surface area contributed by atoms with Gasteiger partial charge in [-0.2, -0.15) is 0 Å². The lowest BCUT2D eigenvalue weighted by Gasteiger charge is -2.22. The Bertz CT molecular complexity index is 885. The molecule has 1 amide bonds. The number of carbonyl (C=O) groups is 1. The molecule has 1 saturated heterocycles. The number of hydrogen-bond donors (Lipinski definition) is 2. The molecule has 1 atom stereocenters. The monoisotopic (exact) mass is 417 g/mol. The van der Waals surface area contributed by atoms with E-state index >= 15 is 0 Å². The van der Waals surface area contributed by atoms with Gasteiger partial charge >= 0.3 is 0 Å². The van der Waals surface area contributed by atoms with Crippen molar-refractivity contribution in [1.82, 2.24) is 10.3 Å². The van der Waals surface area contributed by atoms with Crippen molar-refractivity contribution in [3.05, 3.63) is 34.3 Å². The number of ether oxygens (including phenoxy) is 3. The number of morpholine rings is 1. The molecule has 2 aromatic rings. The molecule has 0 radical (unpaired) electrons. The third kappa shape index (κ3) is 4.88. The van der Waals surface area contributed by atoms with E-state index in [1.165, 1.54) is 11.3 Å². The SMILES string of the molecule is CC(C)(C)c1nc(NC(=O)CC2CNCCO2)sc1Cc1ccc2c(c1)OCO2. The predicted octanol–water partition coefficient (Wildman–Crippen LogP) is 3.08. The predicted molar refractivity (Wildman–Crippen MR) is 112 cm³/mol. The summed E-state index contributed by atoms with van der Waals surface area (Å²) in [4.78, 5) is 18.4. The number of amides is 1. The highest BCUT2D eigenvalue weighted by Gasteiger charge is 2.25. The van der Waals surface area contributed by atoms with Gasteiger partial charge in [-0.05, 0) is 17.7 Å². The van der Waals surface area contributed by atoms with Gasteiger partial charge in [-0.25, -0.2) is 4.98 Å². The van der Waals surface area contributed by atoms with Gasteiger partial charge in [0.2, 0.25) is 12.7 Å². The number of nitrogens with zero attached hydrogens (tertiary/aromatic N) is 1. The number of hydrogen-bond acceptors (Lipinski definition) is 7. The first-order valence-corrected chi connectivity index (χ1v) is 10.7. The van der Waals surface area contributed by atoms with Crippen molar-refractivity contribution < 1.29 is 19.0 Å². The van der Waals surface area contributed by atoms with E-state index in [0.29, 0.717) is 24.7 Å². The van der Waals surface area contributed by atoms with Crippen LogP contribution < -0.4 is 20.1 Å². The summed E-state index contributed by atoms with van der Waals surface area (Å²) >= 11 is 1.53. The zero-order chi connectivity index (χ0) is 20.4. The lowest BCUT2D eigenvalue weighted by molar-refractivity contribution is -0.119. The van der Waals surface area contributed by atoms with E-state index in [4.69, 9.17) is 19.2 Å². The first-order valence-electron chi connectivity index (χ1n) is 9.89. The molecule has 0 saturated carbocycles. The highest BCUT2D eigenvalue weighted by Crippen LogP contribution is 2.37. The van der Waals surface area contributed by atoms with Crippen LogP contribution in [0.5, 0.6) is 11.5 Å². The molecule has 1 fully saturated rings. The van der Waals surface area contributed by atoms with Crippen LogP contribution in [0.2, 0.25) is 0 Å². The summed E-state index contributed by atoms with van der Waals surface area (Å²) in [5, 5.41) is 6.85. The van der Waals surface area contributed by atoms with Crippen molar-refractivity contribution in [2.45, 2.75) is 45.1 Å². The molecule has 4 rings (SSSR count). The minimum Gasteiger partial charge on any atom is -0.454 e. The fourth-order valence-corrected chi connectivity index (χ4v) is 4.70. The maximum absolute atomic E-state index is 12.5. The van der Waals surface area contributed by atoms with Crippen LogP contribution in [0, 0.1) is 0 Å². The molecule has 0 spiro atoms. The summed E-state index contributed by atoms with van der Waals surface area (Å²) < 4.78 is 16.5. The Morgan fingerprint density at radius 2 is 2.14 bits per heavy atom. The van der Waals surface area contributed by atoms with Crippen LogP contribution in [-0.4, -0.2) is 43.5 Å². The normalized spacial score (nSPS) is 18.7. The van der Waals surface area contributed by atoms with Gasteiger partial charge in [0.1, 0.15) is 0 Å². The van der Waals surface area contributed by atoms with Crippen LogP contribution in [0.25, 0.3) is 0 Å². The quantitative estimate of drug-likeness (QED) is 0.778. The molecule has 29 heavy (non-hydrogen) atoms. The van der Waals surface area contributed by atoms with E-state index in [2.05, 4.69) is 31.4 Å². The standard InChI is InChI=1S/C21H27N3O4S/c1-21(2,3)19-17(9-13-4-5-15-16(8-13)28-12-27-15)29-20(24-19)23-18(25)10-14-11-22-6-7-26-14/h4-5,8,14,22H,6-7,9-12H2,1-3H3,(H,23,24,25). The molecule has 0 bridgehead atoms. The number of nitrogens with one attached hydrogen (secondary N) is 2. The second kappa shape index (κ2) is 8.30.